The van der Waals surface area contributed by atoms with Gasteiger partial charge in [0.15, 0.2) is 5.96 Å². The molecule has 28 heavy (non-hydrogen) atoms. The van der Waals surface area contributed by atoms with Gasteiger partial charge in [0.25, 0.3) is 0 Å². The number of hydrogen-bond acceptors (Lipinski definition) is 3. The van der Waals surface area contributed by atoms with E-state index in [9.17, 15) is 0 Å². The standard InChI is InChI=1S/C22H32N4O.HI/c1-23-22(24-12-11-18-7-5-6-8-18)26-16-20-21(17-26)27-14-13-25(20)15-19-9-3-2-4-10-19;/h2-4,7,9-10,20-21H,5-6,8,11-17H2,1H3,(H,23,24);1H. The number of nitrogens with one attached hydrogen (secondary N) is 1. The molecule has 2 aliphatic heterocycles. The first kappa shape index (κ1) is 21.6. The van der Waals surface area contributed by atoms with Gasteiger partial charge in [0, 0.05) is 39.8 Å². The summed E-state index contributed by atoms with van der Waals surface area (Å²) < 4.78 is 6.11. The summed E-state index contributed by atoms with van der Waals surface area (Å²) >= 11 is 0. The Morgan fingerprint density at radius 2 is 2.11 bits per heavy atom. The molecule has 4 rings (SSSR count). The molecule has 0 aromatic heterocycles. The number of allylic oxidation sites excluding steroid dienone is 1. The Labute approximate surface area is 186 Å². The van der Waals surface area contributed by atoms with E-state index in [4.69, 9.17) is 4.74 Å². The molecule has 1 aromatic carbocycles. The molecule has 2 saturated heterocycles. The third-order valence-corrected chi connectivity index (χ3v) is 6.02. The van der Waals surface area contributed by atoms with Crippen LogP contribution in [0.5, 0.6) is 0 Å². The highest BCUT2D eigenvalue weighted by Crippen LogP contribution is 2.25. The van der Waals surface area contributed by atoms with Gasteiger partial charge < -0.3 is 15.0 Å². The second-order valence-electron chi connectivity index (χ2n) is 7.82. The molecule has 3 aliphatic rings. The first-order chi connectivity index (χ1) is 13.3. The maximum absolute atomic E-state index is 6.11. The molecule has 2 heterocycles. The van der Waals surface area contributed by atoms with Gasteiger partial charge in [-0.3, -0.25) is 9.89 Å². The maximum atomic E-state index is 6.11. The van der Waals surface area contributed by atoms with Crippen LogP contribution in [0, 0.1) is 0 Å². The van der Waals surface area contributed by atoms with E-state index in [0.717, 1.165) is 51.7 Å². The van der Waals surface area contributed by atoms with Gasteiger partial charge in [-0.15, -0.1) is 24.0 Å². The Morgan fingerprint density at radius 3 is 2.86 bits per heavy atom. The normalized spacial score (nSPS) is 25.2. The fraction of sp³-hybridized carbons (Fsp3) is 0.591. The fourth-order valence-electron chi connectivity index (χ4n) is 4.58. The van der Waals surface area contributed by atoms with Gasteiger partial charge in [-0.2, -0.15) is 0 Å². The molecule has 0 spiro atoms. The molecule has 0 saturated carbocycles. The van der Waals surface area contributed by atoms with Crippen LogP contribution in [0.3, 0.4) is 0 Å². The lowest BCUT2D eigenvalue weighted by atomic mass is 10.1. The van der Waals surface area contributed by atoms with Crippen molar-refractivity contribution in [2.24, 2.45) is 4.99 Å². The van der Waals surface area contributed by atoms with Crippen LogP contribution < -0.4 is 5.32 Å². The highest BCUT2D eigenvalue weighted by Gasteiger charge is 2.41. The van der Waals surface area contributed by atoms with E-state index in [1.165, 1.54) is 24.8 Å². The summed E-state index contributed by atoms with van der Waals surface area (Å²) in [4.78, 5) is 9.50. The van der Waals surface area contributed by atoms with Gasteiger partial charge in [0.05, 0.1) is 18.8 Å². The SMILES string of the molecule is CN=C(NCCC1=CCCC1)N1CC2OCCN(Cc3ccccc3)C2C1.I. The van der Waals surface area contributed by atoms with E-state index in [1.54, 1.807) is 5.57 Å². The molecule has 5 nitrogen and oxygen atoms in total. The van der Waals surface area contributed by atoms with Gasteiger partial charge in [-0.05, 0) is 31.2 Å². The predicted molar refractivity (Wildman–Crippen MR) is 125 cm³/mol. The van der Waals surface area contributed by atoms with E-state index in [0.29, 0.717) is 6.04 Å². The summed E-state index contributed by atoms with van der Waals surface area (Å²) in [6.07, 6.45) is 7.68. The van der Waals surface area contributed by atoms with Crippen molar-refractivity contribution in [3.63, 3.8) is 0 Å². The monoisotopic (exact) mass is 496 g/mol. The predicted octanol–water partition coefficient (Wildman–Crippen LogP) is 3.27. The highest BCUT2D eigenvalue weighted by molar-refractivity contribution is 14.0. The lowest BCUT2D eigenvalue weighted by molar-refractivity contribution is -0.0502. The summed E-state index contributed by atoms with van der Waals surface area (Å²) in [6, 6.07) is 11.2. The van der Waals surface area contributed by atoms with Crippen molar-refractivity contribution < 1.29 is 4.74 Å². The Balaban J connectivity index is 0.00000225. The lowest BCUT2D eigenvalue weighted by Crippen LogP contribution is -2.50. The first-order valence-corrected chi connectivity index (χ1v) is 10.4. The average molecular weight is 496 g/mol. The van der Waals surface area contributed by atoms with Crippen LogP contribution in [0.25, 0.3) is 0 Å². The number of nitrogens with zero attached hydrogens (tertiary/aromatic N) is 3. The van der Waals surface area contributed by atoms with Crippen LogP contribution in [0.1, 0.15) is 31.2 Å². The summed E-state index contributed by atoms with van der Waals surface area (Å²) in [5.41, 5.74) is 2.98. The van der Waals surface area contributed by atoms with Gasteiger partial charge in [0.2, 0.25) is 0 Å². The summed E-state index contributed by atoms with van der Waals surface area (Å²) in [6.45, 7) is 5.71. The largest absolute Gasteiger partial charge is 0.373 e. The second kappa shape index (κ2) is 10.6. The summed E-state index contributed by atoms with van der Waals surface area (Å²) in [5.74, 6) is 1.02. The van der Waals surface area contributed by atoms with Crippen molar-refractivity contribution in [1.82, 2.24) is 15.1 Å². The Hall–Kier alpha value is -1.12. The number of rotatable bonds is 5. The molecule has 1 aliphatic carbocycles. The van der Waals surface area contributed by atoms with Crippen molar-refractivity contribution in [3.05, 3.63) is 47.5 Å². The summed E-state index contributed by atoms with van der Waals surface area (Å²) in [7, 11) is 1.89. The third-order valence-electron chi connectivity index (χ3n) is 6.02. The number of hydrogen-bond donors (Lipinski definition) is 1. The van der Waals surface area contributed by atoms with Gasteiger partial charge in [-0.1, -0.05) is 42.0 Å². The van der Waals surface area contributed by atoms with E-state index in [-0.39, 0.29) is 30.1 Å². The zero-order chi connectivity index (χ0) is 18.5. The molecule has 6 heteroatoms. The van der Waals surface area contributed by atoms with Crippen LogP contribution in [0.15, 0.2) is 47.0 Å². The van der Waals surface area contributed by atoms with E-state index >= 15 is 0 Å². The van der Waals surface area contributed by atoms with Crippen molar-refractivity contribution in [1.29, 1.82) is 0 Å². The van der Waals surface area contributed by atoms with Crippen molar-refractivity contribution in [2.75, 3.05) is 39.8 Å². The molecule has 2 unspecified atom stereocenters. The topological polar surface area (TPSA) is 40.1 Å². The Morgan fingerprint density at radius 1 is 1.25 bits per heavy atom. The van der Waals surface area contributed by atoms with Crippen LogP contribution in [-0.4, -0.2) is 67.7 Å². The zero-order valence-electron chi connectivity index (χ0n) is 16.8. The highest BCUT2D eigenvalue weighted by atomic mass is 127. The minimum Gasteiger partial charge on any atom is -0.373 e. The quantitative estimate of drug-likeness (QED) is 0.294. The van der Waals surface area contributed by atoms with Crippen LogP contribution in [0.2, 0.25) is 0 Å². The molecule has 1 N–H and O–H groups in total. The molecule has 1 aromatic rings. The van der Waals surface area contributed by atoms with Gasteiger partial charge in [0.1, 0.15) is 0 Å². The van der Waals surface area contributed by atoms with E-state index in [2.05, 4.69) is 56.5 Å². The number of likely N-dealkylation sites (tertiary alicyclic amines) is 1. The minimum atomic E-state index is 0. The smallest absolute Gasteiger partial charge is 0.193 e. The number of ether oxygens (including phenoxy) is 1. The molecule has 0 amide bonds. The second-order valence-corrected chi connectivity index (χ2v) is 7.82. The molecule has 0 bridgehead atoms. The van der Waals surface area contributed by atoms with Gasteiger partial charge >= 0.3 is 0 Å². The molecule has 0 radical (unpaired) electrons. The van der Waals surface area contributed by atoms with Crippen LogP contribution in [-0.2, 0) is 11.3 Å². The van der Waals surface area contributed by atoms with Crippen molar-refractivity contribution in [3.8, 4) is 0 Å². The molecular formula is C22H33IN4O. The number of morpholine rings is 1. The number of aliphatic imine (C=N–C) groups is 1. The molecule has 154 valence electrons. The molecular weight excluding hydrogens is 463 g/mol. The van der Waals surface area contributed by atoms with E-state index in [1.807, 2.05) is 7.05 Å². The molecule has 2 atom stereocenters. The Bertz CT molecular complexity index is 678. The average Bonchev–Trinajstić information content (AvgIpc) is 3.36. The number of fused-ring (bicyclic) bond motifs is 1. The number of halogens is 1. The van der Waals surface area contributed by atoms with Crippen LogP contribution >= 0.6 is 24.0 Å². The number of guanidine groups is 1. The van der Waals surface area contributed by atoms with Crippen molar-refractivity contribution >= 4 is 29.9 Å². The van der Waals surface area contributed by atoms with E-state index < -0.39 is 0 Å². The van der Waals surface area contributed by atoms with Crippen LogP contribution in [0.4, 0.5) is 0 Å². The number of benzene rings is 1. The van der Waals surface area contributed by atoms with Gasteiger partial charge in [-0.25, -0.2) is 0 Å². The molecule has 2 fully saturated rings. The lowest BCUT2D eigenvalue weighted by Gasteiger charge is -2.36. The third kappa shape index (κ3) is 5.27. The van der Waals surface area contributed by atoms with Crippen molar-refractivity contribution in [2.45, 2.75) is 44.4 Å². The first-order valence-electron chi connectivity index (χ1n) is 10.4. The maximum Gasteiger partial charge on any atom is 0.193 e. The fourth-order valence-corrected chi connectivity index (χ4v) is 4.58. The Kier molecular flexibility index (Phi) is 8.17. The zero-order valence-corrected chi connectivity index (χ0v) is 19.2. The minimum absolute atomic E-state index is 0. The summed E-state index contributed by atoms with van der Waals surface area (Å²) in [5, 5.41) is 3.57.